The maximum absolute atomic E-state index is 12.6. The maximum atomic E-state index is 12.6. The van der Waals surface area contributed by atoms with Gasteiger partial charge in [-0.05, 0) is 32.6 Å². The Hall–Kier alpha value is -0.610. The molecule has 2 saturated heterocycles. The van der Waals surface area contributed by atoms with Crippen molar-refractivity contribution in [2.75, 3.05) is 26.3 Å². The van der Waals surface area contributed by atoms with Gasteiger partial charge in [0.2, 0.25) is 5.91 Å². The Labute approximate surface area is 121 Å². The molecule has 0 N–H and O–H groups in total. The van der Waals surface area contributed by atoms with Crippen LogP contribution < -0.4 is 0 Å². The van der Waals surface area contributed by atoms with E-state index in [1.165, 1.54) is 32.1 Å². The highest BCUT2D eigenvalue weighted by atomic mass is 16.6. The van der Waals surface area contributed by atoms with Crippen molar-refractivity contribution in [1.29, 1.82) is 0 Å². The average Bonchev–Trinajstić information content (AvgIpc) is 3.32. The standard InChI is InChI=1S/C16H27NO3/c1-15(11-19-15)9-17(10-16(2)12-20-16)14(18)8-13-6-4-3-5-7-13/h13H,3-12H2,1-2H3. The lowest BCUT2D eigenvalue weighted by molar-refractivity contribution is -0.134. The van der Waals surface area contributed by atoms with E-state index in [1.807, 2.05) is 4.90 Å². The molecule has 2 unspecified atom stereocenters. The van der Waals surface area contributed by atoms with Gasteiger partial charge in [-0.1, -0.05) is 19.3 Å². The van der Waals surface area contributed by atoms with Gasteiger partial charge in [-0.3, -0.25) is 4.79 Å². The molecule has 114 valence electrons. The van der Waals surface area contributed by atoms with Crippen LogP contribution in [-0.4, -0.2) is 48.3 Å². The first kappa shape index (κ1) is 14.3. The minimum atomic E-state index is -0.104. The van der Waals surface area contributed by atoms with E-state index in [4.69, 9.17) is 9.47 Å². The smallest absolute Gasteiger partial charge is 0.223 e. The fraction of sp³-hybridized carbons (Fsp3) is 0.938. The fourth-order valence-electron chi connectivity index (χ4n) is 3.24. The van der Waals surface area contributed by atoms with Gasteiger partial charge in [0.1, 0.15) is 11.2 Å². The zero-order valence-electron chi connectivity index (χ0n) is 12.8. The summed E-state index contributed by atoms with van der Waals surface area (Å²) in [5.41, 5.74) is -0.207. The van der Waals surface area contributed by atoms with Crippen molar-refractivity contribution in [3.05, 3.63) is 0 Å². The molecule has 0 aromatic carbocycles. The number of amides is 1. The number of epoxide rings is 2. The average molecular weight is 281 g/mol. The Kier molecular flexibility index (Phi) is 3.80. The first-order valence-corrected chi connectivity index (χ1v) is 8.04. The van der Waals surface area contributed by atoms with Gasteiger partial charge in [0.25, 0.3) is 0 Å². The third-order valence-corrected chi connectivity index (χ3v) is 4.87. The highest BCUT2D eigenvalue weighted by Crippen LogP contribution is 2.33. The van der Waals surface area contributed by atoms with Gasteiger partial charge in [0, 0.05) is 6.42 Å². The normalized spacial score (nSPS) is 36.7. The summed E-state index contributed by atoms with van der Waals surface area (Å²) in [5.74, 6) is 0.893. The molecule has 0 aromatic rings. The van der Waals surface area contributed by atoms with Crippen molar-refractivity contribution in [3.8, 4) is 0 Å². The molecule has 3 aliphatic rings. The van der Waals surface area contributed by atoms with E-state index in [-0.39, 0.29) is 11.2 Å². The Morgan fingerprint density at radius 2 is 1.55 bits per heavy atom. The van der Waals surface area contributed by atoms with E-state index in [0.29, 0.717) is 18.2 Å². The van der Waals surface area contributed by atoms with Gasteiger partial charge in [-0.25, -0.2) is 0 Å². The summed E-state index contributed by atoms with van der Waals surface area (Å²) in [4.78, 5) is 14.6. The van der Waals surface area contributed by atoms with Crippen LogP contribution in [0.2, 0.25) is 0 Å². The summed E-state index contributed by atoms with van der Waals surface area (Å²) in [5, 5.41) is 0. The topological polar surface area (TPSA) is 45.4 Å². The predicted molar refractivity (Wildman–Crippen MR) is 76.5 cm³/mol. The summed E-state index contributed by atoms with van der Waals surface area (Å²) in [6.45, 7) is 7.17. The summed E-state index contributed by atoms with van der Waals surface area (Å²) in [6.07, 6.45) is 7.08. The summed E-state index contributed by atoms with van der Waals surface area (Å²) >= 11 is 0. The molecule has 0 aromatic heterocycles. The van der Waals surface area contributed by atoms with Crippen LogP contribution in [-0.2, 0) is 14.3 Å². The first-order valence-electron chi connectivity index (χ1n) is 8.04. The van der Waals surface area contributed by atoms with E-state index in [2.05, 4.69) is 13.8 Å². The first-order chi connectivity index (χ1) is 9.48. The molecule has 1 aliphatic carbocycles. The fourth-order valence-corrected chi connectivity index (χ4v) is 3.24. The molecule has 3 rings (SSSR count). The van der Waals surface area contributed by atoms with E-state index in [0.717, 1.165) is 26.3 Å². The second-order valence-corrected chi connectivity index (χ2v) is 7.44. The Bertz CT molecular complexity index is 348. The van der Waals surface area contributed by atoms with Gasteiger partial charge < -0.3 is 14.4 Å². The van der Waals surface area contributed by atoms with Crippen LogP contribution in [0.15, 0.2) is 0 Å². The number of ether oxygens (including phenoxy) is 2. The predicted octanol–water partition coefficient (Wildman–Crippen LogP) is 2.36. The van der Waals surface area contributed by atoms with Crippen molar-refractivity contribution in [3.63, 3.8) is 0 Å². The molecular formula is C16H27NO3. The molecule has 1 amide bonds. The van der Waals surface area contributed by atoms with Crippen LogP contribution in [0.4, 0.5) is 0 Å². The second kappa shape index (κ2) is 5.30. The number of carbonyl (C=O) groups is 1. The Balaban J connectivity index is 1.56. The van der Waals surface area contributed by atoms with E-state index < -0.39 is 0 Å². The zero-order chi connectivity index (χ0) is 14.2. The Morgan fingerprint density at radius 1 is 1.05 bits per heavy atom. The number of nitrogens with zero attached hydrogens (tertiary/aromatic N) is 1. The Morgan fingerprint density at radius 3 is 2.00 bits per heavy atom. The van der Waals surface area contributed by atoms with Gasteiger partial charge in [-0.2, -0.15) is 0 Å². The third kappa shape index (κ3) is 3.73. The van der Waals surface area contributed by atoms with Gasteiger partial charge in [0.15, 0.2) is 0 Å². The SMILES string of the molecule is CC1(CN(CC2(C)CO2)C(=O)CC2CCCCC2)CO1. The van der Waals surface area contributed by atoms with E-state index >= 15 is 0 Å². The van der Waals surface area contributed by atoms with Crippen LogP contribution in [0.5, 0.6) is 0 Å². The summed E-state index contributed by atoms with van der Waals surface area (Å²) in [6, 6.07) is 0. The number of hydrogen-bond acceptors (Lipinski definition) is 3. The van der Waals surface area contributed by atoms with Crippen LogP contribution in [0, 0.1) is 5.92 Å². The summed E-state index contributed by atoms with van der Waals surface area (Å²) < 4.78 is 10.9. The quantitative estimate of drug-likeness (QED) is 0.702. The molecule has 0 radical (unpaired) electrons. The molecule has 0 spiro atoms. The molecule has 1 saturated carbocycles. The van der Waals surface area contributed by atoms with Crippen LogP contribution >= 0.6 is 0 Å². The molecular weight excluding hydrogens is 254 g/mol. The maximum Gasteiger partial charge on any atom is 0.223 e. The van der Waals surface area contributed by atoms with Crippen molar-refractivity contribution >= 4 is 5.91 Å². The largest absolute Gasteiger partial charge is 0.368 e. The monoisotopic (exact) mass is 281 g/mol. The molecule has 2 aliphatic heterocycles. The zero-order valence-corrected chi connectivity index (χ0v) is 12.8. The molecule has 20 heavy (non-hydrogen) atoms. The highest BCUT2D eigenvalue weighted by Gasteiger charge is 2.47. The molecule has 2 heterocycles. The summed E-state index contributed by atoms with van der Waals surface area (Å²) in [7, 11) is 0. The van der Waals surface area contributed by atoms with Crippen molar-refractivity contribution < 1.29 is 14.3 Å². The molecule has 2 atom stereocenters. The molecule has 3 fully saturated rings. The molecule has 0 bridgehead atoms. The lowest BCUT2D eigenvalue weighted by Crippen LogP contribution is -2.43. The van der Waals surface area contributed by atoms with E-state index in [9.17, 15) is 4.79 Å². The van der Waals surface area contributed by atoms with Crippen molar-refractivity contribution in [2.24, 2.45) is 5.92 Å². The van der Waals surface area contributed by atoms with E-state index in [1.54, 1.807) is 0 Å². The van der Waals surface area contributed by atoms with Crippen LogP contribution in [0.25, 0.3) is 0 Å². The van der Waals surface area contributed by atoms with Crippen molar-refractivity contribution in [1.82, 2.24) is 4.90 Å². The molecule has 4 heteroatoms. The highest BCUT2D eigenvalue weighted by molar-refractivity contribution is 5.76. The minimum Gasteiger partial charge on any atom is -0.368 e. The lowest BCUT2D eigenvalue weighted by atomic mass is 9.86. The minimum absolute atomic E-state index is 0.104. The second-order valence-electron chi connectivity index (χ2n) is 7.44. The van der Waals surface area contributed by atoms with Crippen molar-refractivity contribution in [2.45, 2.75) is 63.6 Å². The third-order valence-electron chi connectivity index (χ3n) is 4.87. The van der Waals surface area contributed by atoms with Gasteiger partial charge in [-0.15, -0.1) is 0 Å². The van der Waals surface area contributed by atoms with Gasteiger partial charge >= 0.3 is 0 Å². The number of hydrogen-bond donors (Lipinski definition) is 0. The lowest BCUT2D eigenvalue weighted by Gasteiger charge is -2.29. The number of carbonyl (C=O) groups excluding carboxylic acids is 1. The van der Waals surface area contributed by atoms with Gasteiger partial charge in [0.05, 0.1) is 26.3 Å². The van der Waals surface area contributed by atoms with Crippen LogP contribution in [0.3, 0.4) is 0 Å². The van der Waals surface area contributed by atoms with Crippen LogP contribution in [0.1, 0.15) is 52.4 Å². The molecule has 4 nitrogen and oxygen atoms in total. The number of rotatable bonds is 6.